The first kappa shape index (κ1) is 19.5. The quantitative estimate of drug-likeness (QED) is 0.490. The molecule has 1 aliphatic heterocycles. The van der Waals surface area contributed by atoms with Gasteiger partial charge in [-0.1, -0.05) is 6.42 Å². The van der Waals surface area contributed by atoms with E-state index in [-0.39, 0.29) is 0 Å². The van der Waals surface area contributed by atoms with Crippen LogP contribution in [0.25, 0.3) is 0 Å². The first-order valence-corrected chi connectivity index (χ1v) is 10.6. The monoisotopic (exact) mass is 360 g/mol. The molecule has 1 atom stereocenters. The van der Waals surface area contributed by atoms with E-state index in [4.69, 9.17) is 4.74 Å². The number of aliphatic imine (C=N–C) groups is 1. The SMILES string of the molecule is CN=C(NCC1CCN(S(C)(=O)=O)C1)NCC1(CCOC)CCC1. The lowest BCUT2D eigenvalue weighted by atomic mass is 9.67. The van der Waals surface area contributed by atoms with Crippen LogP contribution in [0.1, 0.15) is 32.1 Å². The lowest BCUT2D eigenvalue weighted by Crippen LogP contribution is -2.47. The average Bonchev–Trinajstić information content (AvgIpc) is 2.97. The van der Waals surface area contributed by atoms with Gasteiger partial charge in [0.05, 0.1) is 6.26 Å². The van der Waals surface area contributed by atoms with Crippen molar-refractivity contribution in [2.45, 2.75) is 32.1 Å². The van der Waals surface area contributed by atoms with Crippen molar-refractivity contribution < 1.29 is 13.2 Å². The molecule has 140 valence electrons. The molecule has 0 spiro atoms. The largest absolute Gasteiger partial charge is 0.385 e. The number of nitrogens with zero attached hydrogens (tertiary/aromatic N) is 2. The minimum atomic E-state index is -3.07. The molecule has 0 amide bonds. The van der Waals surface area contributed by atoms with Gasteiger partial charge in [0.2, 0.25) is 10.0 Å². The Morgan fingerprint density at radius 1 is 1.38 bits per heavy atom. The van der Waals surface area contributed by atoms with Gasteiger partial charge >= 0.3 is 0 Å². The number of sulfonamides is 1. The molecule has 1 saturated carbocycles. The van der Waals surface area contributed by atoms with Gasteiger partial charge in [0.15, 0.2) is 5.96 Å². The number of hydrogen-bond donors (Lipinski definition) is 2. The van der Waals surface area contributed by atoms with Crippen LogP contribution in [0.2, 0.25) is 0 Å². The van der Waals surface area contributed by atoms with Gasteiger partial charge in [-0.15, -0.1) is 0 Å². The number of nitrogens with one attached hydrogen (secondary N) is 2. The molecule has 24 heavy (non-hydrogen) atoms. The molecule has 7 nitrogen and oxygen atoms in total. The molecule has 2 fully saturated rings. The third kappa shape index (κ3) is 5.32. The second-order valence-electron chi connectivity index (χ2n) is 7.18. The second-order valence-corrected chi connectivity index (χ2v) is 9.16. The fourth-order valence-corrected chi connectivity index (χ4v) is 4.43. The zero-order valence-corrected chi connectivity index (χ0v) is 16.0. The van der Waals surface area contributed by atoms with E-state index in [1.54, 1.807) is 18.5 Å². The van der Waals surface area contributed by atoms with E-state index in [1.807, 2.05) is 0 Å². The van der Waals surface area contributed by atoms with Gasteiger partial charge < -0.3 is 15.4 Å². The number of guanidine groups is 1. The highest BCUT2D eigenvalue weighted by molar-refractivity contribution is 7.88. The van der Waals surface area contributed by atoms with E-state index in [2.05, 4.69) is 15.6 Å². The lowest BCUT2D eigenvalue weighted by molar-refractivity contribution is 0.0732. The summed E-state index contributed by atoms with van der Waals surface area (Å²) in [6, 6.07) is 0. The molecule has 2 aliphatic rings. The molecule has 1 unspecified atom stereocenters. The number of methoxy groups -OCH3 is 1. The van der Waals surface area contributed by atoms with Crippen LogP contribution in [0.4, 0.5) is 0 Å². The molecular formula is C16H32N4O3S. The van der Waals surface area contributed by atoms with Crippen molar-refractivity contribution in [3.8, 4) is 0 Å². The zero-order valence-electron chi connectivity index (χ0n) is 15.2. The third-order valence-electron chi connectivity index (χ3n) is 5.38. The van der Waals surface area contributed by atoms with Crippen molar-refractivity contribution in [1.82, 2.24) is 14.9 Å². The maximum absolute atomic E-state index is 11.6. The van der Waals surface area contributed by atoms with Gasteiger partial charge in [0, 0.05) is 46.9 Å². The molecular weight excluding hydrogens is 328 g/mol. The highest BCUT2D eigenvalue weighted by atomic mass is 32.2. The average molecular weight is 361 g/mol. The molecule has 0 bridgehead atoms. The van der Waals surface area contributed by atoms with Crippen molar-refractivity contribution in [2.24, 2.45) is 16.3 Å². The molecule has 2 rings (SSSR count). The zero-order chi connectivity index (χ0) is 17.6. The maximum atomic E-state index is 11.6. The standard InChI is InChI=1S/C16H32N4O3S/c1-17-15(19-13-16(6-4-7-16)8-10-23-2)18-11-14-5-9-20(12-14)24(3,21)22/h14H,4-13H2,1-3H3,(H2,17,18,19). The number of ether oxygens (including phenoxy) is 1. The third-order valence-corrected chi connectivity index (χ3v) is 6.65. The topological polar surface area (TPSA) is 83.0 Å². The summed E-state index contributed by atoms with van der Waals surface area (Å²) in [4.78, 5) is 4.29. The Labute approximate surface area is 146 Å². The van der Waals surface area contributed by atoms with Gasteiger partial charge in [-0.05, 0) is 37.0 Å². The van der Waals surface area contributed by atoms with E-state index in [0.717, 1.165) is 38.5 Å². The molecule has 0 aromatic heterocycles. The van der Waals surface area contributed by atoms with Crippen LogP contribution >= 0.6 is 0 Å². The first-order valence-electron chi connectivity index (χ1n) is 8.77. The molecule has 1 saturated heterocycles. The van der Waals surface area contributed by atoms with Crippen LogP contribution in [0.3, 0.4) is 0 Å². The fourth-order valence-electron chi connectivity index (χ4n) is 3.51. The molecule has 1 heterocycles. The number of rotatable bonds is 8. The summed E-state index contributed by atoms with van der Waals surface area (Å²) in [5.74, 6) is 1.14. The maximum Gasteiger partial charge on any atom is 0.211 e. The molecule has 1 aliphatic carbocycles. The Balaban J connectivity index is 1.73. The summed E-state index contributed by atoms with van der Waals surface area (Å²) in [6.07, 6.45) is 7.04. The van der Waals surface area contributed by atoms with Crippen LogP contribution in [-0.4, -0.2) is 71.9 Å². The van der Waals surface area contributed by atoms with Crippen LogP contribution < -0.4 is 10.6 Å². The van der Waals surface area contributed by atoms with Crippen molar-refractivity contribution >= 4 is 16.0 Å². The van der Waals surface area contributed by atoms with E-state index in [1.165, 1.54) is 25.5 Å². The highest BCUT2D eigenvalue weighted by Gasteiger charge is 2.36. The highest BCUT2D eigenvalue weighted by Crippen LogP contribution is 2.43. The first-order chi connectivity index (χ1) is 11.4. The van der Waals surface area contributed by atoms with Gasteiger partial charge in [-0.25, -0.2) is 12.7 Å². The van der Waals surface area contributed by atoms with E-state index in [9.17, 15) is 8.42 Å². The van der Waals surface area contributed by atoms with Gasteiger partial charge in [-0.3, -0.25) is 4.99 Å². The predicted molar refractivity (Wildman–Crippen MR) is 96.7 cm³/mol. The van der Waals surface area contributed by atoms with Crippen molar-refractivity contribution in [1.29, 1.82) is 0 Å². The summed E-state index contributed by atoms with van der Waals surface area (Å²) in [5, 5.41) is 6.78. The van der Waals surface area contributed by atoms with Crippen LogP contribution in [0.5, 0.6) is 0 Å². The van der Waals surface area contributed by atoms with E-state index < -0.39 is 10.0 Å². The summed E-state index contributed by atoms with van der Waals surface area (Å²) >= 11 is 0. The Kier molecular flexibility index (Phi) is 6.88. The van der Waals surface area contributed by atoms with Gasteiger partial charge in [0.1, 0.15) is 0 Å². The summed E-state index contributed by atoms with van der Waals surface area (Å²) < 4.78 is 29.9. The summed E-state index contributed by atoms with van der Waals surface area (Å²) in [6.45, 7) is 3.68. The Bertz CT molecular complexity index is 531. The van der Waals surface area contributed by atoms with Gasteiger partial charge in [0.25, 0.3) is 0 Å². The molecule has 0 radical (unpaired) electrons. The van der Waals surface area contributed by atoms with Gasteiger partial charge in [-0.2, -0.15) is 0 Å². The molecule has 0 aromatic carbocycles. The van der Waals surface area contributed by atoms with Crippen LogP contribution in [0.15, 0.2) is 4.99 Å². The van der Waals surface area contributed by atoms with Crippen LogP contribution in [0, 0.1) is 11.3 Å². The Hall–Kier alpha value is -0.860. The van der Waals surface area contributed by atoms with Crippen molar-refractivity contribution in [2.75, 3.05) is 53.2 Å². The lowest BCUT2D eigenvalue weighted by Gasteiger charge is -2.42. The normalized spacial score (nSPS) is 24.6. The van der Waals surface area contributed by atoms with E-state index in [0.29, 0.717) is 24.4 Å². The summed E-state index contributed by atoms with van der Waals surface area (Å²) in [7, 11) is 0.459. The minimum Gasteiger partial charge on any atom is -0.385 e. The van der Waals surface area contributed by atoms with Crippen molar-refractivity contribution in [3.63, 3.8) is 0 Å². The number of hydrogen-bond acceptors (Lipinski definition) is 4. The molecule has 8 heteroatoms. The Morgan fingerprint density at radius 2 is 2.12 bits per heavy atom. The van der Waals surface area contributed by atoms with E-state index >= 15 is 0 Å². The second kappa shape index (κ2) is 8.49. The molecule has 2 N–H and O–H groups in total. The smallest absolute Gasteiger partial charge is 0.211 e. The summed E-state index contributed by atoms with van der Waals surface area (Å²) in [5.41, 5.74) is 0.341. The van der Waals surface area contributed by atoms with Crippen molar-refractivity contribution in [3.05, 3.63) is 0 Å². The fraction of sp³-hybridized carbons (Fsp3) is 0.938. The van der Waals surface area contributed by atoms with Crippen LogP contribution in [-0.2, 0) is 14.8 Å². The predicted octanol–water partition coefficient (Wildman–Crippen LogP) is 0.640. The Morgan fingerprint density at radius 3 is 2.62 bits per heavy atom. The minimum absolute atomic E-state index is 0.337. The molecule has 0 aromatic rings.